The lowest BCUT2D eigenvalue weighted by Crippen LogP contribution is -2.35. The zero-order chi connectivity index (χ0) is 12.4. The second kappa shape index (κ2) is 5.55. The van der Waals surface area contributed by atoms with Gasteiger partial charge in [0.2, 0.25) is 0 Å². The topological polar surface area (TPSA) is 40.7 Å². The summed E-state index contributed by atoms with van der Waals surface area (Å²) in [4.78, 5) is 9.15. The number of nitrogens with one attached hydrogen (secondary N) is 2. The van der Waals surface area contributed by atoms with Gasteiger partial charge in [0, 0.05) is 22.3 Å². The highest BCUT2D eigenvalue weighted by Gasteiger charge is 2.15. The maximum Gasteiger partial charge on any atom is 0.108 e. The van der Waals surface area contributed by atoms with Crippen molar-refractivity contribution in [3.63, 3.8) is 0 Å². The number of rotatable bonds is 3. The lowest BCUT2D eigenvalue weighted by molar-refractivity contribution is 0.395. The van der Waals surface area contributed by atoms with Crippen LogP contribution < -0.4 is 5.32 Å². The summed E-state index contributed by atoms with van der Waals surface area (Å²) in [5.41, 5.74) is 1.12. The number of aromatic nitrogens is 2. The molecule has 18 heavy (non-hydrogen) atoms. The fourth-order valence-electron chi connectivity index (χ4n) is 2.38. The lowest BCUT2D eigenvalue weighted by Gasteiger charge is -2.22. The van der Waals surface area contributed by atoms with Gasteiger partial charge in [0.1, 0.15) is 5.82 Å². The minimum atomic E-state index is 0.591. The molecular weight excluding hydrogens is 310 g/mol. The summed E-state index contributed by atoms with van der Waals surface area (Å²) < 4.78 is 1.13. The summed E-state index contributed by atoms with van der Waals surface area (Å²) in [6.07, 6.45) is 6.86. The Morgan fingerprint density at radius 2 is 2.39 bits per heavy atom. The molecule has 1 aliphatic rings. The number of hydrogen-bond donors (Lipinski definition) is 2. The molecule has 0 radical (unpaired) electrons. The summed E-state index contributed by atoms with van der Waals surface area (Å²) in [5.74, 6) is 1.09. The Morgan fingerprint density at radius 1 is 1.44 bits per heavy atom. The van der Waals surface area contributed by atoms with E-state index in [1.807, 2.05) is 6.20 Å². The van der Waals surface area contributed by atoms with Crippen LogP contribution in [0.2, 0.25) is 0 Å². The van der Waals surface area contributed by atoms with Crippen LogP contribution in [-0.4, -0.2) is 22.6 Å². The van der Waals surface area contributed by atoms with Crippen molar-refractivity contribution < 1.29 is 0 Å². The Bertz CT molecular complexity index is 514. The van der Waals surface area contributed by atoms with Gasteiger partial charge < -0.3 is 10.3 Å². The van der Waals surface area contributed by atoms with Gasteiger partial charge in [-0.2, -0.15) is 0 Å². The summed E-state index contributed by atoms with van der Waals surface area (Å²) in [6, 6.07) is 2.72. The summed E-state index contributed by atoms with van der Waals surface area (Å²) >= 11 is 5.21. The Hall–Kier alpha value is -0.650. The van der Waals surface area contributed by atoms with Gasteiger partial charge in [-0.15, -0.1) is 11.3 Å². The van der Waals surface area contributed by atoms with Crippen LogP contribution in [0.1, 0.15) is 25.1 Å². The first kappa shape index (κ1) is 12.4. The fraction of sp³-hybridized carbons (Fsp3) is 0.462. The van der Waals surface area contributed by atoms with Gasteiger partial charge in [-0.3, -0.25) is 0 Å². The van der Waals surface area contributed by atoms with Crippen molar-refractivity contribution in [2.75, 3.05) is 6.54 Å². The molecule has 3 nitrogen and oxygen atoms in total. The second-order valence-corrected chi connectivity index (χ2v) is 6.55. The van der Waals surface area contributed by atoms with Crippen molar-refractivity contribution in [1.29, 1.82) is 0 Å². The van der Waals surface area contributed by atoms with Gasteiger partial charge in [0.25, 0.3) is 0 Å². The summed E-state index contributed by atoms with van der Waals surface area (Å²) in [6.45, 7) is 1.15. The van der Waals surface area contributed by atoms with Crippen LogP contribution in [0.4, 0.5) is 0 Å². The van der Waals surface area contributed by atoms with E-state index in [9.17, 15) is 0 Å². The molecule has 0 saturated carbocycles. The molecule has 3 rings (SSSR count). The molecule has 1 atom stereocenters. The van der Waals surface area contributed by atoms with E-state index in [0.717, 1.165) is 29.0 Å². The normalized spacial score (nSPS) is 20.2. The van der Waals surface area contributed by atoms with Crippen molar-refractivity contribution in [3.8, 4) is 10.6 Å². The molecule has 1 saturated heterocycles. The summed E-state index contributed by atoms with van der Waals surface area (Å²) in [5, 5.41) is 5.65. The number of hydrogen-bond acceptors (Lipinski definition) is 3. The molecule has 0 bridgehead atoms. The third-order valence-electron chi connectivity index (χ3n) is 3.31. The Labute approximate surface area is 119 Å². The molecule has 1 unspecified atom stereocenters. The van der Waals surface area contributed by atoms with Crippen LogP contribution >= 0.6 is 27.3 Å². The first-order valence-electron chi connectivity index (χ1n) is 6.33. The van der Waals surface area contributed by atoms with Gasteiger partial charge in [-0.05, 0) is 41.4 Å². The van der Waals surface area contributed by atoms with Crippen molar-refractivity contribution >= 4 is 27.3 Å². The molecule has 1 fully saturated rings. The van der Waals surface area contributed by atoms with Crippen molar-refractivity contribution in [1.82, 2.24) is 15.3 Å². The quantitative estimate of drug-likeness (QED) is 0.905. The molecule has 1 aliphatic heterocycles. The van der Waals surface area contributed by atoms with E-state index >= 15 is 0 Å². The molecule has 0 aliphatic carbocycles. The molecule has 3 heterocycles. The van der Waals surface area contributed by atoms with E-state index in [-0.39, 0.29) is 0 Å². The number of aromatic amines is 1. The average Bonchev–Trinajstić information content (AvgIpc) is 2.99. The second-order valence-electron chi connectivity index (χ2n) is 4.72. The Kier molecular flexibility index (Phi) is 3.82. The molecular formula is C13H16BrN3S. The standard InChI is InChI=1S/C13H16BrN3S/c14-9-5-12(18-8-9)11-7-16-13(17-11)6-10-3-1-2-4-15-10/h5,7-8,10,15H,1-4,6H2,(H,16,17). The smallest absolute Gasteiger partial charge is 0.108 e. The van der Waals surface area contributed by atoms with Crippen LogP contribution in [0.25, 0.3) is 10.6 Å². The SMILES string of the molecule is Brc1csc(-c2cnc(CC3CCCCN3)[nH]2)c1. The maximum atomic E-state index is 4.49. The summed E-state index contributed by atoms with van der Waals surface area (Å²) in [7, 11) is 0. The van der Waals surface area contributed by atoms with Gasteiger partial charge in [0.15, 0.2) is 0 Å². The zero-order valence-electron chi connectivity index (χ0n) is 10.1. The Balaban J connectivity index is 1.69. The van der Waals surface area contributed by atoms with Crippen molar-refractivity contribution in [2.45, 2.75) is 31.7 Å². The number of H-pyrrole nitrogens is 1. The van der Waals surface area contributed by atoms with Crippen LogP contribution in [0.15, 0.2) is 22.1 Å². The van der Waals surface area contributed by atoms with Crippen molar-refractivity contribution in [2.24, 2.45) is 0 Å². The molecule has 0 spiro atoms. The highest BCUT2D eigenvalue weighted by molar-refractivity contribution is 9.10. The minimum Gasteiger partial charge on any atom is -0.341 e. The van der Waals surface area contributed by atoms with E-state index in [1.165, 1.54) is 24.1 Å². The number of nitrogens with zero attached hydrogens (tertiary/aromatic N) is 1. The predicted molar refractivity (Wildman–Crippen MR) is 78.9 cm³/mol. The van der Waals surface area contributed by atoms with Crippen LogP contribution in [0.5, 0.6) is 0 Å². The fourth-order valence-corrected chi connectivity index (χ4v) is 3.77. The maximum absolute atomic E-state index is 4.49. The van der Waals surface area contributed by atoms with Crippen molar-refractivity contribution in [3.05, 3.63) is 27.9 Å². The highest BCUT2D eigenvalue weighted by Crippen LogP contribution is 2.28. The number of thiophene rings is 1. The number of halogens is 1. The number of imidazole rings is 1. The van der Waals surface area contributed by atoms with Crippen LogP contribution in [0, 0.1) is 0 Å². The molecule has 0 aromatic carbocycles. The van der Waals surface area contributed by atoms with E-state index in [0.29, 0.717) is 6.04 Å². The Morgan fingerprint density at radius 3 is 3.11 bits per heavy atom. The van der Waals surface area contributed by atoms with E-state index in [2.05, 4.69) is 42.7 Å². The van der Waals surface area contributed by atoms with E-state index in [4.69, 9.17) is 0 Å². The van der Waals surface area contributed by atoms with E-state index < -0.39 is 0 Å². The number of piperidine rings is 1. The molecule has 0 amide bonds. The molecule has 96 valence electrons. The molecule has 2 aromatic heterocycles. The molecule has 5 heteroatoms. The average molecular weight is 326 g/mol. The first-order valence-corrected chi connectivity index (χ1v) is 8.00. The van der Waals surface area contributed by atoms with Gasteiger partial charge in [-0.25, -0.2) is 4.98 Å². The third kappa shape index (κ3) is 2.84. The minimum absolute atomic E-state index is 0.591. The van der Waals surface area contributed by atoms with Gasteiger partial charge >= 0.3 is 0 Å². The van der Waals surface area contributed by atoms with Gasteiger partial charge in [0.05, 0.1) is 16.8 Å². The van der Waals surface area contributed by atoms with E-state index in [1.54, 1.807) is 11.3 Å². The lowest BCUT2D eigenvalue weighted by atomic mass is 10.0. The molecule has 2 aromatic rings. The predicted octanol–water partition coefficient (Wildman–Crippen LogP) is 3.59. The third-order valence-corrected chi connectivity index (χ3v) is 5.04. The highest BCUT2D eigenvalue weighted by atomic mass is 79.9. The molecule has 2 N–H and O–H groups in total. The van der Waals surface area contributed by atoms with Crippen LogP contribution in [-0.2, 0) is 6.42 Å². The first-order chi connectivity index (χ1) is 8.81. The monoisotopic (exact) mass is 325 g/mol. The largest absolute Gasteiger partial charge is 0.341 e. The zero-order valence-corrected chi connectivity index (χ0v) is 12.5. The van der Waals surface area contributed by atoms with Gasteiger partial charge in [-0.1, -0.05) is 6.42 Å². The van der Waals surface area contributed by atoms with Crippen LogP contribution in [0.3, 0.4) is 0 Å².